The van der Waals surface area contributed by atoms with Crippen LogP contribution in [0.2, 0.25) is 0 Å². The molecule has 1 aromatic carbocycles. The molecule has 1 aromatic rings. The maximum atomic E-state index is 3.77. The molecule has 0 aromatic heterocycles. The topological polar surface area (TPSA) is 0 Å². The molecule has 0 amide bonds. The van der Waals surface area contributed by atoms with Crippen LogP contribution in [0.1, 0.15) is 24.0 Å². The number of allylic oxidation sites excluding steroid dienone is 1. The van der Waals surface area contributed by atoms with Crippen LogP contribution in [-0.4, -0.2) is 0 Å². The molecule has 58 valence electrons. The minimum Gasteiger partial charge on any atom is -0.102 e. The monoisotopic (exact) mass is 146 g/mol. The van der Waals surface area contributed by atoms with E-state index in [0.29, 0.717) is 5.92 Å². The number of rotatable bonds is 2. The van der Waals surface area contributed by atoms with Crippen molar-refractivity contribution in [1.29, 1.82) is 0 Å². The Morgan fingerprint density at radius 3 is 2.73 bits per heavy atom. The van der Waals surface area contributed by atoms with E-state index in [4.69, 9.17) is 0 Å². The number of hydrogen-bond acceptors (Lipinski definition) is 0. The van der Waals surface area contributed by atoms with Crippen LogP contribution in [0.25, 0.3) is 0 Å². The third-order valence-corrected chi connectivity index (χ3v) is 1.92. The third-order valence-electron chi connectivity index (χ3n) is 1.92. The SMILES string of the molecule is C=CC(C)c1cccc(C)c1. The van der Waals surface area contributed by atoms with Crippen molar-refractivity contribution in [2.24, 2.45) is 0 Å². The predicted molar refractivity (Wildman–Crippen MR) is 49.8 cm³/mol. The normalized spacial score (nSPS) is 12.5. The Kier molecular flexibility index (Phi) is 2.48. The molecule has 0 saturated carbocycles. The van der Waals surface area contributed by atoms with Crippen LogP contribution < -0.4 is 0 Å². The van der Waals surface area contributed by atoms with Crippen molar-refractivity contribution in [3.8, 4) is 0 Å². The molecular formula is C11H14. The van der Waals surface area contributed by atoms with Crippen molar-refractivity contribution in [3.63, 3.8) is 0 Å². The fourth-order valence-electron chi connectivity index (χ4n) is 1.09. The van der Waals surface area contributed by atoms with E-state index >= 15 is 0 Å². The maximum Gasteiger partial charge on any atom is -0.00130 e. The average Bonchev–Trinajstić information content (AvgIpc) is 2.03. The van der Waals surface area contributed by atoms with Crippen molar-refractivity contribution in [2.75, 3.05) is 0 Å². The Hall–Kier alpha value is -1.04. The molecule has 0 N–H and O–H groups in total. The lowest BCUT2D eigenvalue weighted by molar-refractivity contribution is 0.968. The Labute approximate surface area is 68.6 Å². The summed E-state index contributed by atoms with van der Waals surface area (Å²) in [6.07, 6.45) is 1.97. The highest BCUT2D eigenvalue weighted by atomic mass is 14.0. The standard InChI is InChI=1S/C11H14/c1-4-10(3)11-7-5-6-9(2)8-11/h4-8,10H,1H2,2-3H3. The van der Waals surface area contributed by atoms with Gasteiger partial charge in [-0.25, -0.2) is 0 Å². The van der Waals surface area contributed by atoms with Crippen molar-refractivity contribution >= 4 is 0 Å². The molecule has 1 atom stereocenters. The van der Waals surface area contributed by atoms with Crippen molar-refractivity contribution < 1.29 is 0 Å². The number of benzene rings is 1. The summed E-state index contributed by atoms with van der Waals surface area (Å²) in [6.45, 7) is 8.03. The molecule has 11 heavy (non-hydrogen) atoms. The zero-order valence-corrected chi connectivity index (χ0v) is 7.17. The van der Waals surface area contributed by atoms with Gasteiger partial charge in [0.1, 0.15) is 0 Å². The van der Waals surface area contributed by atoms with Gasteiger partial charge in [0.2, 0.25) is 0 Å². The Morgan fingerprint density at radius 2 is 2.18 bits per heavy atom. The lowest BCUT2D eigenvalue weighted by Gasteiger charge is -2.05. The highest BCUT2D eigenvalue weighted by molar-refractivity contribution is 5.27. The molecule has 0 nitrogen and oxygen atoms in total. The smallest absolute Gasteiger partial charge is 0.00130 e. The summed E-state index contributed by atoms with van der Waals surface area (Å²) in [5.74, 6) is 0.467. The van der Waals surface area contributed by atoms with Crippen LogP contribution in [0.4, 0.5) is 0 Å². The molecule has 0 saturated heterocycles. The molecule has 0 heterocycles. The summed E-state index contributed by atoms with van der Waals surface area (Å²) in [5.41, 5.74) is 2.66. The van der Waals surface area contributed by atoms with Gasteiger partial charge in [0.15, 0.2) is 0 Å². The quantitative estimate of drug-likeness (QED) is 0.562. The van der Waals surface area contributed by atoms with Gasteiger partial charge in [-0.1, -0.05) is 42.8 Å². The average molecular weight is 146 g/mol. The fraction of sp³-hybridized carbons (Fsp3) is 0.273. The van der Waals surface area contributed by atoms with E-state index in [0.717, 1.165) is 0 Å². The minimum absolute atomic E-state index is 0.467. The molecular weight excluding hydrogens is 132 g/mol. The van der Waals surface area contributed by atoms with Crippen LogP contribution in [-0.2, 0) is 0 Å². The maximum absolute atomic E-state index is 3.77. The number of aryl methyl sites for hydroxylation is 1. The molecule has 0 spiro atoms. The zero-order chi connectivity index (χ0) is 8.27. The van der Waals surface area contributed by atoms with Crippen LogP contribution >= 0.6 is 0 Å². The summed E-state index contributed by atoms with van der Waals surface area (Å²) in [4.78, 5) is 0. The van der Waals surface area contributed by atoms with Crippen molar-refractivity contribution in [3.05, 3.63) is 48.0 Å². The first-order valence-corrected chi connectivity index (χ1v) is 3.93. The highest BCUT2D eigenvalue weighted by Gasteiger charge is 1.98. The predicted octanol–water partition coefficient (Wildman–Crippen LogP) is 3.28. The lowest BCUT2D eigenvalue weighted by Crippen LogP contribution is -1.87. The van der Waals surface area contributed by atoms with E-state index in [9.17, 15) is 0 Å². The van der Waals surface area contributed by atoms with Gasteiger partial charge < -0.3 is 0 Å². The van der Waals surface area contributed by atoms with Crippen LogP contribution in [0.5, 0.6) is 0 Å². The van der Waals surface area contributed by atoms with Gasteiger partial charge in [-0.05, 0) is 18.4 Å². The van der Waals surface area contributed by atoms with Crippen LogP contribution in [0, 0.1) is 6.92 Å². The van der Waals surface area contributed by atoms with Gasteiger partial charge in [-0.2, -0.15) is 0 Å². The molecule has 0 aliphatic carbocycles. The van der Waals surface area contributed by atoms with Gasteiger partial charge >= 0.3 is 0 Å². The largest absolute Gasteiger partial charge is 0.102 e. The molecule has 1 rings (SSSR count). The van der Waals surface area contributed by atoms with E-state index in [2.05, 4.69) is 44.7 Å². The van der Waals surface area contributed by atoms with Gasteiger partial charge in [0.05, 0.1) is 0 Å². The summed E-state index contributed by atoms with van der Waals surface area (Å²) >= 11 is 0. The molecule has 0 radical (unpaired) electrons. The molecule has 0 bridgehead atoms. The molecule has 0 aliphatic heterocycles. The second-order valence-electron chi connectivity index (χ2n) is 2.94. The minimum atomic E-state index is 0.467. The van der Waals surface area contributed by atoms with Gasteiger partial charge in [0.25, 0.3) is 0 Å². The Balaban J connectivity index is 2.95. The molecule has 0 aliphatic rings. The summed E-state index contributed by atoms with van der Waals surface area (Å²) in [6, 6.07) is 8.54. The van der Waals surface area contributed by atoms with E-state index in [1.807, 2.05) is 6.08 Å². The van der Waals surface area contributed by atoms with Gasteiger partial charge in [0, 0.05) is 0 Å². The zero-order valence-electron chi connectivity index (χ0n) is 7.17. The number of hydrogen-bond donors (Lipinski definition) is 0. The van der Waals surface area contributed by atoms with Gasteiger partial charge in [-0.3, -0.25) is 0 Å². The van der Waals surface area contributed by atoms with E-state index in [1.165, 1.54) is 11.1 Å². The fourth-order valence-corrected chi connectivity index (χ4v) is 1.09. The first-order valence-electron chi connectivity index (χ1n) is 3.93. The Morgan fingerprint density at radius 1 is 1.45 bits per heavy atom. The molecule has 1 unspecified atom stereocenters. The summed E-state index contributed by atoms with van der Waals surface area (Å²) in [7, 11) is 0. The summed E-state index contributed by atoms with van der Waals surface area (Å²) < 4.78 is 0. The van der Waals surface area contributed by atoms with Gasteiger partial charge in [-0.15, -0.1) is 6.58 Å². The van der Waals surface area contributed by atoms with Crippen LogP contribution in [0.3, 0.4) is 0 Å². The van der Waals surface area contributed by atoms with Crippen molar-refractivity contribution in [1.82, 2.24) is 0 Å². The lowest BCUT2D eigenvalue weighted by atomic mass is 10.00. The van der Waals surface area contributed by atoms with E-state index in [1.54, 1.807) is 0 Å². The highest BCUT2D eigenvalue weighted by Crippen LogP contribution is 2.16. The van der Waals surface area contributed by atoms with E-state index < -0.39 is 0 Å². The summed E-state index contributed by atoms with van der Waals surface area (Å²) in [5, 5.41) is 0. The third kappa shape index (κ3) is 1.94. The second kappa shape index (κ2) is 3.38. The second-order valence-corrected chi connectivity index (χ2v) is 2.94. The first kappa shape index (κ1) is 8.06. The molecule has 0 fully saturated rings. The Bertz CT molecular complexity index is 248. The van der Waals surface area contributed by atoms with Crippen LogP contribution in [0.15, 0.2) is 36.9 Å². The molecule has 0 heteroatoms. The first-order chi connectivity index (χ1) is 5.24. The van der Waals surface area contributed by atoms with Crippen molar-refractivity contribution in [2.45, 2.75) is 19.8 Å². The van der Waals surface area contributed by atoms with E-state index in [-0.39, 0.29) is 0 Å².